The van der Waals surface area contributed by atoms with E-state index in [0.29, 0.717) is 23.3 Å². The number of halogens is 4. The van der Waals surface area contributed by atoms with Gasteiger partial charge in [-0.15, -0.1) is 4.67 Å². The molecule has 1 amide bonds. The number of rotatable bonds is 6. The monoisotopic (exact) mass is 558 g/mol. The number of benzene rings is 1. The van der Waals surface area contributed by atoms with E-state index in [1.807, 2.05) is 11.9 Å². The molecule has 4 heterocycles. The van der Waals surface area contributed by atoms with Crippen molar-refractivity contribution in [1.29, 1.82) is 0 Å². The molecular weight excluding hydrogens is 535 g/mol. The lowest BCUT2D eigenvalue weighted by atomic mass is 9.97. The Morgan fingerprint density at radius 3 is 2.74 bits per heavy atom. The van der Waals surface area contributed by atoms with Crippen LogP contribution < -0.4 is 30.9 Å². The van der Waals surface area contributed by atoms with E-state index in [1.54, 1.807) is 23.7 Å². The molecule has 39 heavy (non-hydrogen) atoms. The number of nitrogens with zero attached hydrogens (tertiary/aromatic N) is 5. The second-order valence-electron chi connectivity index (χ2n) is 9.26. The van der Waals surface area contributed by atoms with Gasteiger partial charge in [-0.05, 0) is 50.2 Å². The van der Waals surface area contributed by atoms with Crippen molar-refractivity contribution < 1.29 is 22.7 Å². The van der Waals surface area contributed by atoms with Gasteiger partial charge in [-0.1, -0.05) is 17.7 Å². The maximum absolute atomic E-state index is 14.0. The third-order valence-corrected chi connectivity index (χ3v) is 6.85. The number of ether oxygens (including phenoxy) is 1. The summed E-state index contributed by atoms with van der Waals surface area (Å²) in [5, 5.41) is 6.07. The molecule has 2 aliphatic rings. The molecule has 202 valence electrons. The van der Waals surface area contributed by atoms with Crippen LogP contribution in [0.2, 0.25) is 0 Å². The fourth-order valence-electron chi connectivity index (χ4n) is 4.69. The van der Waals surface area contributed by atoms with E-state index in [2.05, 4.69) is 31.1 Å². The predicted molar refractivity (Wildman–Crippen MR) is 140 cm³/mol. The molecule has 2 N–H and O–H groups in total. The maximum atomic E-state index is 14.0. The van der Waals surface area contributed by atoms with Gasteiger partial charge >= 0.3 is 17.6 Å². The van der Waals surface area contributed by atoms with Crippen molar-refractivity contribution in [3.05, 3.63) is 64.3 Å². The number of likely N-dealkylation sites (tertiary alicyclic amines) is 1. The van der Waals surface area contributed by atoms with Crippen molar-refractivity contribution in [2.45, 2.75) is 32.0 Å². The number of anilines is 3. The number of alkyl halides is 3. The summed E-state index contributed by atoms with van der Waals surface area (Å²) in [5.74, 6) is 3.37. The van der Waals surface area contributed by atoms with Crippen molar-refractivity contribution in [2.75, 3.05) is 24.2 Å². The summed E-state index contributed by atoms with van der Waals surface area (Å²) in [6.07, 6.45) is -1.53. The molecule has 0 saturated carbocycles. The molecule has 0 radical (unpaired) electrons. The van der Waals surface area contributed by atoms with E-state index in [-0.39, 0.29) is 45.4 Å². The van der Waals surface area contributed by atoms with E-state index in [0.717, 1.165) is 19.0 Å². The lowest BCUT2D eigenvalue weighted by Crippen LogP contribution is -2.35. The van der Waals surface area contributed by atoms with Gasteiger partial charge in [0.25, 0.3) is 0 Å². The van der Waals surface area contributed by atoms with Crippen LogP contribution in [0.5, 0.6) is 5.75 Å². The van der Waals surface area contributed by atoms with Crippen LogP contribution in [0, 0.1) is 0 Å². The average molecular weight is 559 g/mol. The van der Waals surface area contributed by atoms with E-state index >= 15 is 0 Å². The first-order valence-corrected chi connectivity index (χ1v) is 12.4. The zero-order valence-electron chi connectivity index (χ0n) is 21.2. The van der Waals surface area contributed by atoms with Crippen LogP contribution in [-0.4, -0.2) is 44.8 Å². The summed E-state index contributed by atoms with van der Waals surface area (Å²) in [6, 6.07) is 7.04. The molecule has 13 heteroatoms. The van der Waals surface area contributed by atoms with Gasteiger partial charge in [0, 0.05) is 42.9 Å². The Morgan fingerprint density at radius 2 is 2.05 bits per heavy atom. The van der Waals surface area contributed by atoms with Crippen molar-refractivity contribution in [3.63, 3.8) is 0 Å². The second kappa shape index (κ2) is 10.2. The Bertz CT molecular complexity index is 1670. The first kappa shape index (κ1) is 26.5. The molecule has 1 aromatic carbocycles. The molecule has 0 spiro atoms. The number of carbonyl (C=O) groups excluding carboxylic acids is 1. The van der Waals surface area contributed by atoms with Crippen molar-refractivity contribution in [2.24, 2.45) is 7.05 Å². The number of carbonyl (C=O) groups is 1. The molecule has 0 aliphatic carbocycles. The van der Waals surface area contributed by atoms with Crippen LogP contribution in [0.25, 0.3) is 5.03 Å². The van der Waals surface area contributed by atoms with Gasteiger partial charge in [-0.3, -0.25) is 14.3 Å². The summed E-state index contributed by atoms with van der Waals surface area (Å²) in [7, 11) is 3.49. The zero-order chi connectivity index (χ0) is 27.9. The highest BCUT2D eigenvalue weighted by Gasteiger charge is 2.37. The Kier molecular flexibility index (Phi) is 6.96. The van der Waals surface area contributed by atoms with Crippen LogP contribution in [0.4, 0.5) is 30.6 Å². The minimum absolute atomic E-state index is 0.100. The van der Waals surface area contributed by atoms with Crippen molar-refractivity contribution >= 4 is 45.9 Å². The number of hydrogen-bond acceptors (Lipinski definition) is 6. The number of nitrogens with one attached hydrogen (secondary N) is 2. The number of fused-ring (bicyclic) bond motifs is 1. The number of aromatic nitrogens is 3. The highest BCUT2D eigenvalue weighted by atomic mass is 35.5. The fraction of sp³-hybridized carbons (Fsp3) is 0.308. The summed E-state index contributed by atoms with van der Waals surface area (Å²) >= 11 is 6.61. The summed E-state index contributed by atoms with van der Waals surface area (Å²) in [4.78, 5) is 21.7. The SMILES string of the molecule is CC(=O)Nc1cc(OC2=C=[N+]=c3nc(Nc4ccc(C5CCCN5C)c(C(F)(F)F)c4)n(C)c3=C2Cl)ccn1. The molecule has 9 nitrogen and oxygen atoms in total. The zero-order valence-corrected chi connectivity index (χ0v) is 22.0. The normalized spacial score (nSPS) is 16.9. The Labute approximate surface area is 226 Å². The summed E-state index contributed by atoms with van der Waals surface area (Å²) in [5.41, 5.74) is 0.0355. The lowest BCUT2D eigenvalue weighted by Gasteiger charge is -2.24. The van der Waals surface area contributed by atoms with Crippen LogP contribution in [0.3, 0.4) is 0 Å². The standard InChI is InChI=1S/C26H23ClF3N7O2/c1-14(38)33-21-12-16(8-9-31-21)39-20-13-32-24-23(22(20)27)37(3)25(35-24)34-15-6-7-17(18(11-15)26(28,29)30)19-5-4-10-36(19)2/h6-9,11-12,19H,4-5,10H2,1-3H3,(H,31,33,38)/p+1. The summed E-state index contributed by atoms with van der Waals surface area (Å²) in [6.45, 7) is 2.12. The van der Waals surface area contributed by atoms with Gasteiger partial charge in [-0.2, -0.15) is 13.2 Å². The number of allylic oxidation sites excluding steroid dienone is 1. The van der Waals surface area contributed by atoms with Crippen molar-refractivity contribution in [1.82, 2.24) is 24.1 Å². The van der Waals surface area contributed by atoms with Gasteiger partial charge in [0.2, 0.25) is 17.5 Å². The molecule has 2 aromatic heterocycles. The van der Waals surface area contributed by atoms with Crippen LogP contribution in [0.1, 0.15) is 36.9 Å². The number of hydrogen-bond donors (Lipinski definition) is 2. The average Bonchev–Trinajstić information content (AvgIpc) is 3.43. The first-order chi connectivity index (χ1) is 18.5. The quantitative estimate of drug-likeness (QED) is 0.452. The lowest BCUT2D eigenvalue weighted by molar-refractivity contribution is -0.138. The maximum Gasteiger partial charge on any atom is 0.455 e. The van der Waals surface area contributed by atoms with E-state index in [9.17, 15) is 18.0 Å². The third-order valence-electron chi connectivity index (χ3n) is 6.50. The molecule has 0 bridgehead atoms. The number of imidazole rings is 1. The Morgan fingerprint density at radius 1 is 1.26 bits per heavy atom. The van der Waals surface area contributed by atoms with Gasteiger partial charge < -0.3 is 15.4 Å². The molecule has 1 saturated heterocycles. The Hall–Kier alpha value is -4.08. The van der Waals surface area contributed by atoms with E-state index in [4.69, 9.17) is 16.3 Å². The molecule has 5 rings (SSSR count). The molecule has 1 fully saturated rings. The Balaban J connectivity index is 1.44. The van der Waals surface area contributed by atoms with Gasteiger partial charge in [0.1, 0.15) is 16.6 Å². The molecule has 3 aromatic rings. The number of pyridine rings is 1. The van der Waals surface area contributed by atoms with Gasteiger partial charge in [-0.25, -0.2) is 4.98 Å². The number of amides is 1. The highest BCUT2D eigenvalue weighted by Crippen LogP contribution is 2.41. The fourth-order valence-corrected chi connectivity index (χ4v) is 4.98. The smallest absolute Gasteiger partial charge is 0.442 e. The van der Waals surface area contributed by atoms with Gasteiger partial charge in [0.15, 0.2) is 5.35 Å². The minimum atomic E-state index is -4.51. The minimum Gasteiger partial charge on any atom is -0.442 e. The van der Waals surface area contributed by atoms with Crippen LogP contribution in [0.15, 0.2) is 42.3 Å². The molecule has 1 atom stereocenters. The van der Waals surface area contributed by atoms with Gasteiger partial charge in [0.05, 0.1) is 5.56 Å². The second-order valence-corrected chi connectivity index (χ2v) is 9.63. The molecule has 1 unspecified atom stereocenters. The van der Waals surface area contributed by atoms with E-state index < -0.39 is 11.7 Å². The molecular formula is C26H24ClF3N7O2+. The topological polar surface area (TPSA) is 98.4 Å². The molecule has 2 aliphatic heterocycles. The van der Waals surface area contributed by atoms with Crippen LogP contribution in [-0.2, 0) is 18.0 Å². The largest absolute Gasteiger partial charge is 0.455 e. The first-order valence-electron chi connectivity index (χ1n) is 12.0. The highest BCUT2D eigenvalue weighted by molar-refractivity contribution is 6.48. The van der Waals surface area contributed by atoms with Crippen molar-refractivity contribution in [3.8, 4) is 5.75 Å². The van der Waals surface area contributed by atoms with Crippen LogP contribution >= 0.6 is 11.6 Å². The summed E-state index contributed by atoms with van der Waals surface area (Å²) < 4.78 is 53.6. The van der Waals surface area contributed by atoms with E-state index in [1.165, 1.54) is 25.3 Å². The predicted octanol–water partition coefficient (Wildman–Crippen LogP) is 2.98. The third kappa shape index (κ3) is 5.41.